The predicted octanol–water partition coefficient (Wildman–Crippen LogP) is 3.63. The highest BCUT2D eigenvalue weighted by molar-refractivity contribution is 9.10. The van der Waals surface area contributed by atoms with E-state index in [1.54, 1.807) is 0 Å². The summed E-state index contributed by atoms with van der Waals surface area (Å²) in [5, 5.41) is 23.6. The van der Waals surface area contributed by atoms with Crippen LogP contribution in [0.25, 0.3) is 0 Å². The number of unbranched alkanes of at least 4 members (excludes halogenated alkanes) is 12. The molecule has 0 aromatic carbocycles. The molecular formula is C26H44BrN5O6. The van der Waals surface area contributed by atoms with Crippen molar-refractivity contribution in [2.24, 2.45) is 5.73 Å². The van der Waals surface area contributed by atoms with Crippen molar-refractivity contribution in [3.63, 3.8) is 0 Å². The number of anilines is 1. The molecule has 0 saturated carbocycles. The molecule has 2 aliphatic rings. The first-order valence-electron chi connectivity index (χ1n) is 14.1. The molecule has 12 heteroatoms. The Morgan fingerprint density at radius 2 is 1.63 bits per heavy atom. The molecule has 1 amide bonds. The van der Waals surface area contributed by atoms with Crippen LogP contribution in [0.15, 0.2) is 6.33 Å². The van der Waals surface area contributed by atoms with E-state index in [9.17, 15) is 19.8 Å². The maximum absolute atomic E-state index is 12.2. The van der Waals surface area contributed by atoms with E-state index in [0.717, 1.165) is 19.3 Å². The first-order chi connectivity index (χ1) is 18.3. The molecule has 1 aromatic rings. The number of imidazole rings is 1. The lowest BCUT2D eigenvalue weighted by Crippen LogP contribution is -2.54. The fraction of sp³-hybridized carbons (Fsp3) is 0.808. The van der Waals surface area contributed by atoms with Crippen molar-refractivity contribution in [2.45, 2.75) is 128 Å². The number of fused-ring (bicyclic) bond motifs is 1. The molecular weight excluding hydrogens is 558 g/mol. The SMILES string of the molecule is CCCCCCCCCCCCCCCC(=O)OC[C@H]1O[C@@H](n2cnc3c2N(Br)C(N)NC3=O)[C@H](O)[C@@H]1O. The Morgan fingerprint density at radius 1 is 1.05 bits per heavy atom. The van der Waals surface area contributed by atoms with E-state index in [-0.39, 0.29) is 24.1 Å². The van der Waals surface area contributed by atoms with Gasteiger partial charge < -0.3 is 25.0 Å². The van der Waals surface area contributed by atoms with Gasteiger partial charge in [-0.15, -0.1) is 0 Å². The smallest absolute Gasteiger partial charge is 0.305 e. The van der Waals surface area contributed by atoms with Crippen LogP contribution in [0.3, 0.4) is 0 Å². The molecule has 5 atom stereocenters. The lowest BCUT2D eigenvalue weighted by Gasteiger charge is -2.31. The van der Waals surface area contributed by atoms with Gasteiger partial charge in [-0.3, -0.25) is 23.8 Å². The summed E-state index contributed by atoms with van der Waals surface area (Å²) in [6.07, 6.45) is 12.3. The minimum absolute atomic E-state index is 0.0987. The van der Waals surface area contributed by atoms with Crippen molar-refractivity contribution < 1.29 is 29.3 Å². The fourth-order valence-corrected chi connectivity index (χ4v) is 5.39. The van der Waals surface area contributed by atoms with Crippen LogP contribution < -0.4 is 15.0 Å². The number of aliphatic hydroxyl groups is 2. The van der Waals surface area contributed by atoms with Gasteiger partial charge in [0.15, 0.2) is 24.0 Å². The van der Waals surface area contributed by atoms with Crippen LogP contribution in [0.1, 0.15) is 114 Å². The van der Waals surface area contributed by atoms with Gasteiger partial charge in [-0.1, -0.05) is 84.0 Å². The first kappa shape index (κ1) is 30.8. The molecule has 1 unspecified atom stereocenters. The second-order valence-corrected chi connectivity index (χ2v) is 11.0. The molecule has 1 fully saturated rings. The molecule has 0 bridgehead atoms. The third-order valence-corrected chi connectivity index (χ3v) is 7.99. The van der Waals surface area contributed by atoms with Crippen molar-refractivity contribution >= 4 is 33.8 Å². The maximum Gasteiger partial charge on any atom is 0.305 e. The number of carbonyl (C=O) groups excluding carboxylic acids is 2. The van der Waals surface area contributed by atoms with Gasteiger partial charge in [0.05, 0.1) is 22.5 Å². The quantitative estimate of drug-likeness (QED) is 0.119. The summed E-state index contributed by atoms with van der Waals surface area (Å²) in [7, 11) is 0. The van der Waals surface area contributed by atoms with Gasteiger partial charge in [-0.2, -0.15) is 0 Å². The number of hydrogen-bond acceptors (Lipinski definition) is 9. The zero-order valence-corrected chi connectivity index (χ0v) is 24.0. The highest BCUT2D eigenvalue weighted by atomic mass is 79.9. The molecule has 0 aliphatic carbocycles. The van der Waals surface area contributed by atoms with Crippen LogP contribution >= 0.6 is 16.1 Å². The molecule has 0 radical (unpaired) electrons. The second kappa shape index (κ2) is 15.8. The largest absolute Gasteiger partial charge is 0.463 e. The van der Waals surface area contributed by atoms with Crippen LogP contribution in [0.4, 0.5) is 5.82 Å². The third-order valence-electron chi connectivity index (χ3n) is 7.21. The summed E-state index contributed by atoms with van der Waals surface area (Å²) in [5.74, 6) is -0.526. The number of amides is 1. The van der Waals surface area contributed by atoms with E-state index in [0.29, 0.717) is 6.42 Å². The molecule has 1 saturated heterocycles. The maximum atomic E-state index is 12.2. The van der Waals surface area contributed by atoms with Gasteiger partial charge in [0.25, 0.3) is 5.91 Å². The van der Waals surface area contributed by atoms with E-state index in [4.69, 9.17) is 15.2 Å². The van der Waals surface area contributed by atoms with Crippen LogP contribution in [0, 0.1) is 0 Å². The highest BCUT2D eigenvalue weighted by Gasteiger charge is 2.46. The van der Waals surface area contributed by atoms with Gasteiger partial charge in [0.1, 0.15) is 24.9 Å². The lowest BCUT2D eigenvalue weighted by molar-refractivity contribution is -0.150. The van der Waals surface area contributed by atoms with Crippen molar-refractivity contribution in [3.8, 4) is 0 Å². The topological polar surface area (TPSA) is 152 Å². The number of ether oxygens (including phenoxy) is 2. The van der Waals surface area contributed by atoms with Crippen LogP contribution in [-0.2, 0) is 14.3 Å². The Balaban J connectivity index is 1.30. The summed E-state index contributed by atoms with van der Waals surface area (Å²) in [5.41, 5.74) is 5.98. The third kappa shape index (κ3) is 8.38. The summed E-state index contributed by atoms with van der Waals surface area (Å²) in [6, 6.07) is 0. The number of nitrogens with one attached hydrogen (secondary N) is 1. The van der Waals surface area contributed by atoms with E-state index < -0.39 is 36.7 Å². The summed E-state index contributed by atoms with van der Waals surface area (Å²) < 4.78 is 14.0. The van der Waals surface area contributed by atoms with E-state index in [1.807, 2.05) is 0 Å². The molecule has 1 aromatic heterocycles. The van der Waals surface area contributed by atoms with E-state index >= 15 is 0 Å². The molecule has 38 heavy (non-hydrogen) atoms. The molecule has 3 heterocycles. The van der Waals surface area contributed by atoms with Crippen molar-refractivity contribution in [2.75, 3.05) is 10.5 Å². The Hall–Kier alpha value is -1.73. The van der Waals surface area contributed by atoms with Crippen molar-refractivity contribution in [1.29, 1.82) is 0 Å². The monoisotopic (exact) mass is 601 g/mol. The van der Waals surface area contributed by atoms with Gasteiger partial charge in [-0.25, -0.2) is 4.98 Å². The highest BCUT2D eigenvalue weighted by Crippen LogP contribution is 2.36. The van der Waals surface area contributed by atoms with Gasteiger partial charge in [0.2, 0.25) is 0 Å². The zero-order chi connectivity index (χ0) is 27.5. The van der Waals surface area contributed by atoms with Crippen LogP contribution in [0.5, 0.6) is 0 Å². The number of nitrogens with zero attached hydrogens (tertiary/aromatic N) is 3. The van der Waals surface area contributed by atoms with E-state index in [1.165, 1.54) is 79.0 Å². The van der Waals surface area contributed by atoms with Crippen LogP contribution in [-0.4, -0.2) is 62.8 Å². The minimum Gasteiger partial charge on any atom is -0.463 e. The summed E-state index contributed by atoms with van der Waals surface area (Å²) >= 11 is 3.28. The zero-order valence-electron chi connectivity index (χ0n) is 22.4. The number of aliphatic hydroxyl groups excluding tert-OH is 2. The number of esters is 1. The minimum atomic E-state index is -1.32. The number of hydrogen-bond donors (Lipinski definition) is 4. The van der Waals surface area contributed by atoms with Gasteiger partial charge in [-0.05, 0) is 6.42 Å². The molecule has 3 rings (SSSR count). The first-order valence-corrected chi connectivity index (χ1v) is 14.8. The summed E-state index contributed by atoms with van der Waals surface area (Å²) in [4.78, 5) is 28.4. The van der Waals surface area contributed by atoms with Gasteiger partial charge in [0, 0.05) is 6.42 Å². The average Bonchev–Trinajstić information content (AvgIpc) is 3.46. The number of carbonyl (C=O) groups is 2. The second-order valence-electron chi connectivity index (χ2n) is 10.3. The van der Waals surface area contributed by atoms with Crippen LogP contribution in [0.2, 0.25) is 0 Å². The Kier molecular flexibility index (Phi) is 12.8. The number of halogens is 1. The standard InChI is InChI=1S/C26H44BrN5O6/c1-2-3-4-5-6-7-8-9-10-11-12-13-14-15-19(33)37-16-18-21(34)22(35)25(38-18)31-17-29-20-23(36)30-26(28)32(27)24(20)31/h17-18,21-22,25-26,34-35H,2-16,28H2,1H3,(H,30,36)/t18-,21-,22-,25-,26?/m1/s1. The normalized spacial score (nSPS) is 24.9. The van der Waals surface area contributed by atoms with E-state index in [2.05, 4.69) is 33.4 Å². The Morgan fingerprint density at radius 3 is 2.24 bits per heavy atom. The van der Waals surface area contributed by atoms with Crippen molar-refractivity contribution in [3.05, 3.63) is 12.0 Å². The predicted molar refractivity (Wildman–Crippen MR) is 146 cm³/mol. The molecule has 2 aliphatic heterocycles. The number of rotatable bonds is 17. The Labute approximate surface area is 233 Å². The molecule has 0 spiro atoms. The van der Waals surface area contributed by atoms with Crippen molar-refractivity contribution in [1.82, 2.24) is 14.9 Å². The fourth-order valence-electron chi connectivity index (χ4n) is 4.93. The molecule has 5 N–H and O–H groups in total. The Bertz CT molecular complexity index is 886. The number of nitrogens with two attached hydrogens (primary N) is 1. The average molecular weight is 603 g/mol. The molecule has 216 valence electrons. The summed E-state index contributed by atoms with van der Waals surface area (Å²) in [6.45, 7) is 2.07. The number of aromatic nitrogens is 2. The lowest BCUT2D eigenvalue weighted by atomic mass is 10.0. The van der Waals surface area contributed by atoms with Gasteiger partial charge >= 0.3 is 5.97 Å². The molecule has 11 nitrogen and oxygen atoms in total.